The van der Waals surface area contributed by atoms with Crippen LogP contribution in [-0.2, 0) is 0 Å². The molecule has 4 nitrogen and oxygen atoms in total. The third kappa shape index (κ3) is 2.09. The molecule has 4 heteroatoms. The van der Waals surface area contributed by atoms with E-state index >= 15 is 0 Å². The molecule has 15 heavy (non-hydrogen) atoms. The minimum atomic E-state index is -0.330. The number of nitrogens with one attached hydrogen (secondary N) is 1. The first-order valence-electron chi connectivity index (χ1n) is 5.10. The second-order valence-electron chi connectivity index (χ2n) is 4.13. The molecule has 1 aliphatic carbocycles. The number of nitro benzene ring substituents is 1. The van der Waals surface area contributed by atoms with Crippen molar-refractivity contribution in [2.75, 3.05) is 5.32 Å². The summed E-state index contributed by atoms with van der Waals surface area (Å²) in [7, 11) is 0. The predicted octanol–water partition coefficient (Wildman–Crippen LogP) is 2.79. The second kappa shape index (κ2) is 3.53. The fourth-order valence-corrected chi connectivity index (χ4v) is 1.60. The van der Waals surface area contributed by atoms with Crippen molar-refractivity contribution in [1.82, 2.24) is 0 Å². The maximum Gasteiger partial charge on any atom is 0.272 e. The highest BCUT2D eigenvalue weighted by molar-refractivity contribution is 5.60. The average molecular weight is 206 g/mol. The second-order valence-corrected chi connectivity index (χ2v) is 4.13. The van der Waals surface area contributed by atoms with Crippen LogP contribution in [-0.4, -0.2) is 11.0 Å². The molecule has 0 bridgehead atoms. The van der Waals surface area contributed by atoms with Gasteiger partial charge >= 0.3 is 0 Å². The number of benzene rings is 1. The monoisotopic (exact) mass is 206 g/mol. The van der Waals surface area contributed by atoms with Gasteiger partial charge in [-0.1, -0.05) is 0 Å². The molecule has 0 atom stereocenters. The molecule has 0 unspecified atom stereocenters. The Labute approximate surface area is 88.5 Å². The molecule has 0 aliphatic heterocycles. The Morgan fingerprint density at radius 3 is 2.53 bits per heavy atom. The molecule has 0 spiro atoms. The molecule has 1 aliphatic rings. The van der Waals surface area contributed by atoms with Crippen molar-refractivity contribution < 1.29 is 4.92 Å². The van der Waals surface area contributed by atoms with Crippen LogP contribution in [0.1, 0.15) is 24.0 Å². The largest absolute Gasteiger partial charge is 0.382 e. The summed E-state index contributed by atoms with van der Waals surface area (Å²) in [5.74, 6) is 0. The van der Waals surface area contributed by atoms with E-state index in [-0.39, 0.29) is 10.6 Å². The van der Waals surface area contributed by atoms with Gasteiger partial charge in [-0.25, -0.2) is 0 Å². The lowest BCUT2D eigenvalue weighted by atomic mass is 10.1. The molecule has 0 aromatic heterocycles. The van der Waals surface area contributed by atoms with Crippen molar-refractivity contribution in [3.63, 3.8) is 0 Å². The van der Waals surface area contributed by atoms with Crippen LogP contribution in [0.2, 0.25) is 0 Å². The summed E-state index contributed by atoms with van der Waals surface area (Å²) < 4.78 is 0. The van der Waals surface area contributed by atoms with Gasteiger partial charge in [0.05, 0.1) is 4.92 Å². The topological polar surface area (TPSA) is 55.2 Å². The van der Waals surface area contributed by atoms with Crippen LogP contribution in [0.25, 0.3) is 0 Å². The highest BCUT2D eigenvalue weighted by Gasteiger charge is 2.22. The molecule has 1 saturated carbocycles. The summed E-state index contributed by atoms with van der Waals surface area (Å²) in [4.78, 5) is 10.4. The average Bonchev–Trinajstić information content (AvgIpc) is 2.94. The normalized spacial score (nSPS) is 15.1. The van der Waals surface area contributed by atoms with E-state index in [9.17, 15) is 10.1 Å². The van der Waals surface area contributed by atoms with Gasteiger partial charge in [0, 0.05) is 23.4 Å². The smallest absolute Gasteiger partial charge is 0.272 e. The Balaban J connectivity index is 2.32. The molecule has 0 heterocycles. The third-order valence-electron chi connectivity index (χ3n) is 2.68. The fraction of sp³-hybridized carbons (Fsp3) is 0.455. The quantitative estimate of drug-likeness (QED) is 0.611. The molecule has 1 N–H and O–H groups in total. The van der Waals surface area contributed by atoms with Gasteiger partial charge < -0.3 is 5.32 Å². The molecule has 0 saturated heterocycles. The number of rotatable bonds is 3. The summed E-state index contributed by atoms with van der Waals surface area (Å²) in [5.41, 5.74) is 2.89. The minimum absolute atomic E-state index is 0.203. The van der Waals surface area contributed by atoms with E-state index in [0.717, 1.165) is 11.3 Å². The van der Waals surface area contributed by atoms with Gasteiger partial charge in [0.15, 0.2) is 0 Å². The first-order valence-corrected chi connectivity index (χ1v) is 5.10. The first kappa shape index (κ1) is 9.96. The van der Waals surface area contributed by atoms with Gasteiger partial charge in [-0.15, -0.1) is 0 Å². The molecule has 2 rings (SSSR count). The van der Waals surface area contributed by atoms with Gasteiger partial charge in [-0.05, 0) is 38.3 Å². The molecule has 1 aromatic carbocycles. The first-order chi connectivity index (χ1) is 7.08. The summed E-state index contributed by atoms with van der Waals surface area (Å²) in [6.45, 7) is 3.67. The van der Waals surface area contributed by atoms with E-state index in [2.05, 4.69) is 5.32 Å². The number of nitrogens with zero attached hydrogens (tertiary/aromatic N) is 1. The van der Waals surface area contributed by atoms with Gasteiger partial charge in [0.2, 0.25) is 0 Å². The van der Waals surface area contributed by atoms with Crippen LogP contribution < -0.4 is 5.32 Å². The SMILES string of the molecule is Cc1cc([N+](=O)[O-])c(C)cc1NC1CC1. The van der Waals surface area contributed by atoms with Crippen molar-refractivity contribution in [3.8, 4) is 0 Å². The van der Waals surface area contributed by atoms with E-state index in [1.165, 1.54) is 12.8 Å². The maximum atomic E-state index is 10.7. The van der Waals surface area contributed by atoms with Crippen LogP contribution in [0, 0.1) is 24.0 Å². The van der Waals surface area contributed by atoms with Crippen molar-refractivity contribution in [1.29, 1.82) is 0 Å². The maximum absolute atomic E-state index is 10.7. The Bertz CT molecular complexity index is 411. The number of hydrogen-bond acceptors (Lipinski definition) is 3. The summed E-state index contributed by atoms with van der Waals surface area (Å²) in [5, 5.41) is 14.1. The van der Waals surface area contributed by atoms with E-state index in [0.29, 0.717) is 11.6 Å². The van der Waals surface area contributed by atoms with Crippen LogP contribution >= 0.6 is 0 Å². The predicted molar refractivity (Wildman–Crippen MR) is 59.2 cm³/mol. The van der Waals surface area contributed by atoms with E-state index in [1.807, 2.05) is 13.0 Å². The van der Waals surface area contributed by atoms with Crippen LogP contribution in [0.15, 0.2) is 12.1 Å². The Morgan fingerprint density at radius 2 is 2.00 bits per heavy atom. The van der Waals surface area contributed by atoms with Gasteiger partial charge in [-0.3, -0.25) is 10.1 Å². The van der Waals surface area contributed by atoms with Crippen LogP contribution in [0.3, 0.4) is 0 Å². The number of anilines is 1. The zero-order valence-corrected chi connectivity index (χ0v) is 8.91. The molecule has 1 fully saturated rings. The molecule has 80 valence electrons. The van der Waals surface area contributed by atoms with Crippen LogP contribution in [0.4, 0.5) is 11.4 Å². The van der Waals surface area contributed by atoms with Gasteiger partial charge in [0.25, 0.3) is 5.69 Å². The standard InChI is InChI=1S/C11H14N2O2/c1-7-6-11(13(14)15)8(2)5-10(7)12-9-3-4-9/h5-6,9,12H,3-4H2,1-2H3. The lowest BCUT2D eigenvalue weighted by Crippen LogP contribution is -2.04. The summed E-state index contributed by atoms with van der Waals surface area (Å²) >= 11 is 0. The lowest BCUT2D eigenvalue weighted by Gasteiger charge is -2.09. The van der Waals surface area contributed by atoms with Gasteiger partial charge in [-0.2, -0.15) is 0 Å². The van der Waals surface area contributed by atoms with Crippen molar-refractivity contribution in [2.24, 2.45) is 0 Å². The minimum Gasteiger partial charge on any atom is -0.382 e. The van der Waals surface area contributed by atoms with Crippen molar-refractivity contribution in [2.45, 2.75) is 32.7 Å². The Morgan fingerprint density at radius 1 is 1.33 bits per heavy atom. The zero-order valence-electron chi connectivity index (χ0n) is 8.91. The highest BCUT2D eigenvalue weighted by atomic mass is 16.6. The fourth-order valence-electron chi connectivity index (χ4n) is 1.60. The van der Waals surface area contributed by atoms with Crippen molar-refractivity contribution >= 4 is 11.4 Å². The molecule has 1 aromatic rings. The lowest BCUT2D eigenvalue weighted by molar-refractivity contribution is -0.385. The Hall–Kier alpha value is -1.58. The molecule has 0 amide bonds. The zero-order chi connectivity index (χ0) is 11.0. The molecular weight excluding hydrogens is 192 g/mol. The number of hydrogen-bond donors (Lipinski definition) is 1. The Kier molecular flexibility index (Phi) is 2.34. The van der Waals surface area contributed by atoms with Gasteiger partial charge in [0.1, 0.15) is 0 Å². The summed E-state index contributed by atoms with van der Waals surface area (Å²) in [6.07, 6.45) is 2.41. The highest BCUT2D eigenvalue weighted by Crippen LogP contribution is 2.30. The number of nitro groups is 1. The van der Waals surface area contributed by atoms with E-state index in [1.54, 1.807) is 13.0 Å². The van der Waals surface area contributed by atoms with Crippen molar-refractivity contribution in [3.05, 3.63) is 33.4 Å². The summed E-state index contributed by atoms with van der Waals surface area (Å²) in [6, 6.07) is 4.08. The van der Waals surface area contributed by atoms with E-state index in [4.69, 9.17) is 0 Å². The van der Waals surface area contributed by atoms with Crippen LogP contribution in [0.5, 0.6) is 0 Å². The molecule has 0 radical (unpaired) electrons. The number of aryl methyl sites for hydroxylation is 2. The third-order valence-corrected chi connectivity index (χ3v) is 2.68. The van der Waals surface area contributed by atoms with E-state index < -0.39 is 0 Å². The molecular formula is C11H14N2O2.